The van der Waals surface area contributed by atoms with Crippen molar-refractivity contribution in [1.82, 2.24) is 4.98 Å². The molecule has 0 aliphatic carbocycles. The predicted octanol–water partition coefficient (Wildman–Crippen LogP) is 3.39. The number of nitrogens with one attached hydrogen (secondary N) is 1. The number of ketones is 1. The molecule has 0 aliphatic rings. The van der Waals surface area contributed by atoms with Crippen molar-refractivity contribution < 1.29 is 14.3 Å². The van der Waals surface area contributed by atoms with E-state index in [4.69, 9.17) is 4.74 Å². The molecule has 0 fully saturated rings. The fraction of sp³-hybridized carbons (Fsp3) is 0.417. The van der Waals surface area contributed by atoms with Gasteiger partial charge in [-0.05, 0) is 49.7 Å². The molecule has 1 aromatic heterocycles. The smallest absolute Gasteiger partial charge is 0.412 e. The van der Waals surface area contributed by atoms with Gasteiger partial charge in [0.1, 0.15) is 10.2 Å². The Kier molecular flexibility index (Phi) is 4.45. The van der Waals surface area contributed by atoms with E-state index in [0.29, 0.717) is 15.9 Å². The van der Waals surface area contributed by atoms with Gasteiger partial charge in [-0.2, -0.15) is 0 Å². The van der Waals surface area contributed by atoms with Crippen molar-refractivity contribution in [3.05, 3.63) is 22.4 Å². The van der Waals surface area contributed by atoms with Crippen molar-refractivity contribution in [2.75, 3.05) is 5.32 Å². The van der Waals surface area contributed by atoms with Crippen LogP contribution in [0.3, 0.4) is 0 Å². The Hall–Kier alpha value is -1.43. The Morgan fingerprint density at radius 3 is 2.50 bits per heavy atom. The van der Waals surface area contributed by atoms with Gasteiger partial charge in [-0.15, -0.1) is 0 Å². The number of hydrogen-bond donors (Lipinski definition) is 1. The molecule has 0 aliphatic heterocycles. The fourth-order valence-electron chi connectivity index (χ4n) is 1.23. The number of pyridine rings is 1. The Bertz CT molecular complexity index is 481. The van der Waals surface area contributed by atoms with E-state index in [1.807, 2.05) is 0 Å². The maximum absolute atomic E-state index is 11.6. The predicted molar refractivity (Wildman–Crippen MR) is 71.8 cm³/mol. The molecule has 0 radical (unpaired) electrons. The highest BCUT2D eigenvalue weighted by Gasteiger charge is 2.18. The number of carbonyl (C=O) groups is 2. The lowest BCUT2D eigenvalue weighted by Gasteiger charge is -2.20. The van der Waals surface area contributed by atoms with E-state index >= 15 is 0 Å². The van der Waals surface area contributed by atoms with Crippen LogP contribution in [0.15, 0.2) is 16.9 Å². The molecule has 5 nitrogen and oxygen atoms in total. The number of carbonyl (C=O) groups excluding carboxylic acids is 2. The van der Waals surface area contributed by atoms with Crippen molar-refractivity contribution in [3.63, 3.8) is 0 Å². The van der Waals surface area contributed by atoms with Crippen LogP contribution in [-0.4, -0.2) is 22.5 Å². The van der Waals surface area contributed by atoms with E-state index in [9.17, 15) is 9.59 Å². The summed E-state index contributed by atoms with van der Waals surface area (Å²) >= 11 is 3.17. The van der Waals surface area contributed by atoms with Gasteiger partial charge in [0.15, 0.2) is 5.78 Å². The highest BCUT2D eigenvalue weighted by atomic mass is 79.9. The summed E-state index contributed by atoms with van der Waals surface area (Å²) in [7, 11) is 0. The zero-order chi connectivity index (χ0) is 13.9. The Morgan fingerprint density at radius 2 is 2.00 bits per heavy atom. The quantitative estimate of drug-likeness (QED) is 0.671. The molecule has 0 bridgehead atoms. The third-order valence-electron chi connectivity index (χ3n) is 1.89. The molecule has 18 heavy (non-hydrogen) atoms. The number of aromatic nitrogens is 1. The van der Waals surface area contributed by atoms with E-state index in [1.165, 1.54) is 13.1 Å². The minimum atomic E-state index is -0.617. The first-order valence-corrected chi connectivity index (χ1v) is 6.15. The van der Waals surface area contributed by atoms with Crippen LogP contribution < -0.4 is 5.32 Å². The van der Waals surface area contributed by atoms with Crippen LogP contribution in [0, 0.1) is 0 Å². The van der Waals surface area contributed by atoms with Crippen LogP contribution in [0.1, 0.15) is 38.1 Å². The first-order valence-electron chi connectivity index (χ1n) is 5.35. The highest BCUT2D eigenvalue weighted by Crippen LogP contribution is 2.20. The van der Waals surface area contributed by atoms with Crippen LogP contribution >= 0.6 is 15.9 Å². The Morgan fingerprint density at radius 1 is 1.39 bits per heavy atom. The summed E-state index contributed by atoms with van der Waals surface area (Å²) in [5.74, 6) is -0.163. The standard InChI is InChI=1S/C12H15BrN2O3/c1-7(16)8-5-10(13)14-6-9(8)15-11(17)18-12(2,3)4/h5-6H,1-4H3,(H,15,17). The van der Waals surface area contributed by atoms with Crippen molar-refractivity contribution in [2.45, 2.75) is 33.3 Å². The molecule has 0 aromatic carbocycles. The van der Waals surface area contributed by atoms with Gasteiger partial charge in [0.2, 0.25) is 0 Å². The maximum Gasteiger partial charge on any atom is 0.412 e. The van der Waals surface area contributed by atoms with E-state index in [0.717, 1.165) is 0 Å². The fourth-order valence-corrected chi connectivity index (χ4v) is 1.57. The third kappa shape index (κ3) is 4.44. The van der Waals surface area contributed by atoms with E-state index in [2.05, 4.69) is 26.2 Å². The van der Waals surface area contributed by atoms with E-state index in [-0.39, 0.29) is 5.78 Å². The summed E-state index contributed by atoms with van der Waals surface area (Å²) < 4.78 is 5.64. The number of amides is 1. The van der Waals surface area contributed by atoms with Gasteiger partial charge in [0.25, 0.3) is 0 Å². The third-order valence-corrected chi connectivity index (χ3v) is 2.32. The lowest BCUT2D eigenvalue weighted by Crippen LogP contribution is -2.27. The van der Waals surface area contributed by atoms with Gasteiger partial charge in [0.05, 0.1) is 11.9 Å². The SMILES string of the molecule is CC(=O)c1cc(Br)ncc1NC(=O)OC(C)(C)C. The van der Waals surface area contributed by atoms with E-state index < -0.39 is 11.7 Å². The highest BCUT2D eigenvalue weighted by molar-refractivity contribution is 9.10. The zero-order valence-electron chi connectivity index (χ0n) is 10.7. The molecule has 6 heteroatoms. The molecule has 1 aromatic rings. The molecule has 1 N–H and O–H groups in total. The maximum atomic E-state index is 11.6. The average molecular weight is 315 g/mol. The molecule has 1 rings (SSSR count). The van der Waals surface area contributed by atoms with Gasteiger partial charge in [-0.25, -0.2) is 9.78 Å². The number of anilines is 1. The second-order valence-corrected chi connectivity index (χ2v) is 5.55. The lowest BCUT2D eigenvalue weighted by atomic mass is 10.1. The number of halogens is 1. The first-order chi connectivity index (χ1) is 8.19. The van der Waals surface area contributed by atoms with Crippen LogP contribution in [-0.2, 0) is 4.74 Å². The molecule has 0 spiro atoms. The largest absolute Gasteiger partial charge is 0.444 e. The minimum Gasteiger partial charge on any atom is -0.444 e. The second-order valence-electron chi connectivity index (χ2n) is 4.74. The Balaban J connectivity index is 2.91. The molecule has 98 valence electrons. The number of ether oxygens (including phenoxy) is 1. The molecule has 0 saturated heterocycles. The van der Waals surface area contributed by atoms with Crippen molar-refractivity contribution in [1.29, 1.82) is 0 Å². The lowest BCUT2D eigenvalue weighted by molar-refractivity contribution is 0.0636. The monoisotopic (exact) mass is 314 g/mol. The molecule has 1 amide bonds. The molecule has 0 atom stereocenters. The summed E-state index contributed by atoms with van der Waals surface area (Å²) in [4.78, 5) is 27.0. The summed E-state index contributed by atoms with van der Waals surface area (Å²) in [6.07, 6.45) is 0.791. The molecular formula is C12H15BrN2O3. The minimum absolute atomic E-state index is 0.163. The van der Waals surface area contributed by atoms with Crippen LogP contribution in [0.4, 0.5) is 10.5 Å². The van der Waals surface area contributed by atoms with E-state index in [1.54, 1.807) is 26.8 Å². The number of rotatable bonds is 2. The van der Waals surface area contributed by atoms with Gasteiger partial charge in [0, 0.05) is 5.56 Å². The molecule has 1 heterocycles. The van der Waals surface area contributed by atoms with Gasteiger partial charge in [-0.1, -0.05) is 0 Å². The van der Waals surface area contributed by atoms with Crippen LogP contribution in [0.25, 0.3) is 0 Å². The van der Waals surface area contributed by atoms with Crippen molar-refractivity contribution in [3.8, 4) is 0 Å². The van der Waals surface area contributed by atoms with Crippen molar-refractivity contribution in [2.24, 2.45) is 0 Å². The van der Waals surface area contributed by atoms with Crippen molar-refractivity contribution >= 4 is 33.5 Å². The van der Waals surface area contributed by atoms with Crippen LogP contribution in [0.2, 0.25) is 0 Å². The molecular weight excluding hydrogens is 300 g/mol. The topological polar surface area (TPSA) is 68.3 Å². The summed E-state index contributed by atoms with van der Waals surface area (Å²) in [5, 5.41) is 2.51. The summed E-state index contributed by atoms with van der Waals surface area (Å²) in [5.41, 5.74) is 0.117. The summed E-state index contributed by atoms with van der Waals surface area (Å²) in [6, 6.07) is 1.55. The normalized spacial score (nSPS) is 10.9. The second kappa shape index (κ2) is 5.48. The van der Waals surface area contributed by atoms with Gasteiger partial charge >= 0.3 is 6.09 Å². The number of hydrogen-bond acceptors (Lipinski definition) is 4. The molecule has 0 unspecified atom stereocenters. The Labute approximate surface area is 114 Å². The summed E-state index contributed by atoms with van der Waals surface area (Å²) in [6.45, 7) is 6.71. The van der Waals surface area contributed by atoms with Gasteiger partial charge in [-0.3, -0.25) is 10.1 Å². The molecule has 0 saturated carbocycles. The first kappa shape index (κ1) is 14.6. The average Bonchev–Trinajstić information content (AvgIpc) is 2.17. The number of Topliss-reactive ketones (excluding diaryl/α,β-unsaturated/α-hetero) is 1. The van der Waals surface area contributed by atoms with Crippen LogP contribution in [0.5, 0.6) is 0 Å². The van der Waals surface area contributed by atoms with Gasteiger partial charge < -0.3 is 4.74 Å². The zero-order valence-corrected chi connectivity index (χ0v) is 12.3. The number of nitrogens with zero attached hydrogens (tertiary/aromatic N) is 1.